The normalized spacial score (nSPS) is 23.2. The van der Waals surface area contributed by atoms with Crippen molar-refractivity contribution in [3.63, 3.8) is 0 Å². The number of halogens is 4. The first kappa shape index (κ1) is 29.7. The molecule has 7 rings (SSSR count). The third-order valence-corrected chi connectivity index (χ3v) is 9.97. The second-order valence-electron chi connectivity index (χ2n) is 12.2. The van der Waals surface area contributed by atoms with Crippen LogP contribution in [0.1, 0.15) is 25.7 Å². The van der Waals surface area contributed by atoms with Gasteiger partial charge in [0.2, 0.25) is 5.91 Å². The maximum Gasteiger partial charge on any atom is 0.319 e. The molecule has 3 fully saturated rings. The number of alkyl halides is 1. The van der Waals surface area contributed by atoms with Gasteiger partial charge in [-0.1, -0.05) is 42.4 Å². The minimum Gasteiger partial charge on any atom is -0.461 e. The molecule has 1 amide bonds. The molecule has 3 aliphatic rings. The molecule has 234 valence electrons. The van der Waals surface area contributed by atoms with Gasteiger partial charge in [0.25, 0.3) is 0 Å². The number of nitrogens with zero attached hydrogens (tertiary/aromatic N) is 6. The molecule has 0 radical (unpaired) electrons. The number of likely N-dealkylation sites (N-methyl/N-ethyl adjacent to an activating group) is 1. The van der Waals surface area contributed by atoms with Gasteiger partial charge in [0.05, 0.1) is 15.9 Å². The molecule has 0 saturated carbocycles. The Kier molecular flexibility index (Phi) is 7.56. The van der Waals surface area contributed by atoms with Crippen LogP contribution in [-0.2, 0) is 4.79 Å². The fourth-order valence-corrected chi connectivity index (χ4v) is 7.53. The van der Waals surface area contributed by atoms with E-state index < -0.39 is 23.3 Å². The van der Waals surface area contributed by atoms with E-state index in [4.69, 9.17) is 21.3 Å². The lowest BCUT2D eigenvalue weighted by Crippen LogP contribution is -2.43. The number of likely N-dealkylation sites (tertiary alicyclic amines) is 1. The Morgan fingerprint density at radius 3 is 2.89 bits per heavy atom. The summed E-state index contributed by atoms with van der Waals surface area (Å²) in [6.07, 6.45) is 4.63. The molecule has 0 N–H and O–H groups in total. The molecule has 3 aliphatic heterocycles. The number of aromatic nitrogens is 3. The number of carbonyl (C=O) groups is 1. The van der Waals surface area contributed by atoms with E-state index in [1.807, 2.05) is 11.9 Å². The van der Waals surface area contributed by atoms with E-state index >= 15 is 4.39 Å². The van der Waals surface area contributed by atoms with Gasteiger partial charge in [-0.15, -0.1) is 0 Å². The number of benzene rings is 2. The molecule has 4 aromatic rings. The van der Waals surface area contributed by atoms with Crippen molar-refractivity contribution in [2.24, 2.45) is 0 Å². The van der Waals surface area contributed by atoms with Gasteiger partial charge in [0, 0.05) is 56.3 Å². The number of fused-ring (bicyclic) bond motifs is 3. The van der Waals surface area contributed by atoms with E-state index in [0.717, 1.165) is 19.4 Å². The Morgan fingerprint density at radius 2 is 2.07 bits per heavy atom. The molecule has 5 heterocycles. The molecular formula is C33H32ClF3N6O2. The summed E-state index contributed by atoms with van der Waals surface area (Å²) in [6.45, 7) is 5.92. The summed E-state index contributed by atoms with van der Waals surface area (Å²) in [5, 5.41) is 1.20. The maximum atomic E-state index is 16.6. The Morgan fingerprint density at radius 1 is 1.22 bits per heavy atom. The van der Waals surface area contributed by atoms with Gasteiger partial charge in [-0.2, -0.15) is 9.97 Å². The van der Waals surface area contributed by atoms with Crippen LogP contribution in [0.15, 0.2) is 49.2 Å². The van der Waals surface area contributed by atoms with E-state index in [1.54, 1.807) is 29.2 Å². The van der Waals surface area contributed by atoms with Crippen LogP contribution in [0.3, 0.4) is 0 Å². The number of pyridine rings is 1. The molecule has 3 saturated heterocycles. The average molecular weight is 637 g/mol. The van der Waals surface area contributed by atoms with Gasteiger partial charge in [-0.3, -0.25) is 14.7 Å². The number of ether oxygens (including phenoxy) is 1. The molecule has 8 nitrogen and oxygen atoms in total. The molecule has 0 spiro atoms. The van der Waals surface area contributed by atoms with Crippen molar-refractivity contribution in [3.05, 3.63) is 65.8 Å². The third-order valence-electron chi connectivity index (χ3n) is 9.60. The molecule has 2 aromatic heterocycles. The van der Waals surface area contributed by atoms with Crippen molar-refractivity contribution >= 4 is 45.0 Å². The van der Waals surface area contributed by atoms with Crippen molar-refractivity contribution in [3.8, 4) is 17.3 Å². The molecular weight excluding hydrogens is 605 g/mol. The van der Waals surface area contributed by atoms with E-state index in [-0.39, 0.29) is 40.8 Å². The van der Waals surface area contributed by atoms with Gasteiger partial charge in [-0.05, 0) is 43.3 Å². The van der Waals surface area contributed by atoms with E-state index in [0.29, 0.717) is 60.0 Å². The Bertz CT molecular complexity index is 1840. The number of amides is 1. The summed E-state index contributed by atoms with van der Waals surface area (Å²) in [5.41, 5.74) is -0.197. The van der Waals surface area contributed by atoms with Crippen molar-refractivity contribution in [1.29, 1.82) is 0 Å². The molecule has 1 unspecified atom stereocenters. The molecule has 0 aliphatic carbocycles. The van der Waals surface area contributed by atoms with Crippen LogP contribution in [0.4, 0.5) is 19.0 Å². The first-order valence-electron chi connectivity index (χ1n) is 15.1. The number of anilines is 1. The van der Waals surface area contributed by atoms with E-state index in [2.05, 4.69) is 21.4 Å². The van der Waals surface area contributed by atoms with Crippen LogP contribution in [0.25, 0.3) is 32.9 Å². The summed E-state index contributed by atoms with van der Waals surface area (Å²) in [5.74, 6) is -1.12. The van der Waals surface area contributed by atoms with E-state index in [9.17, 15) is 13.6 Å². The van der Waals surface area contributed by atoms with Crippen LogP contribution in [0.2, 0.25) is 5.02 Å². The monoisotopic (exact) mass is 636 g/mol. The lowest BCUT2D eigenvalue weighted by atomic mass is 9.95. The predicted octanol–water partition coefficient (Wildman–Crippen LogP) is 5.95. The van der Waals surface area contributed by atoms with Crippen molar-refractivity contribution in [2.45, 2.75) is 43.4 Å². The van der Waals surface area contributed by atoms with Gasteiger partial charge < -0.3 is 14.5 Å². The van der Waals surface area contributed by atoms with Crippen molar-refractivity contribution < 1.29 is 22.7 Å². The first-order chi connectivity index (χ1) is 21.7. The number of hydrogen-bond acceptors (Lipinski definition) is 7. The Balaban J connectivity index is 1.33. The fraction of sp³-hybridized carbons (Fsp3) is 0.394. The standard InChI is InChI=1S/C33H32ClF3N6O2/c1-3-25(44)42-13-10-21(17-42)41(2)31-23-15-38-29(22-7-4-6-19-8-9-24(36)27(34)26(19)22)28(37)30(23)39-32(40-31)45-18-33-11-5-12-43(33)16-20(35)14-33/h3-4,6-9,15,20-21H,1,5,10-14,16-18H2,2H3/t20-,21?,33+/m1/s1. The lowest BCUT2D eigenvalue weighted by molar-refractivity contribution is -0.125. The summed E-state index contributed by atoms with van der Waals surface area (Å²) < 4.78 is 51.8. The highest BCUT2D eigenvalue weighted by atomic mass is 35.5. The predicted molar refractivity (Wildman–Crippen MR) is 167 cm³/mol. The zero-order chi connectivity index (χ0) is 31.5. The van der Waals surface area contributed by atoms with Crippen LogP contribution in [0, 0.1) is 11.6 Å². The summed E-state index contributed by atoms with van der Waals surface area (Å²) in [6, 6.07) is 7.83. The van der Waals surface area contributed by atoms with Crippen LogP contribution < -0.4 is 9.64 Å². The summed E-state index contributed by atoms with van der Waals surface area (Å²) in [7, 11) is 1.83. The number of carbonyl (C=O) groups excluding carboxylic acids is 1. The SMILES string of the molecule is C=CC(=O)N1CCC(N(C)c2nc(OC[C@@]34CCCN3C[C@H](F)C4)nc3c(F)c(-c4cccc5ccc(F)c(Cl)c45)ncc23)C1. The Labute approximate surface area is 263 Å². The van der Waals surface area contributed by atoms with Crippen molar-refractivity contribution in [2.75, 3.05) is 44.7 Å². The smallest absolute Gasteiger partial charge is 0.319 e. The van der Waals surface area contributed by atoms with Crippen LogP contribution in [-0.4, -0.2) is 88.2 Å². The zero-order valence-electron chi connectivity index (χ0n) is 24.8. The van der Waals surface area contributed by atoms with Crippen LogP contribution >= 0.6 is 11.6 Å². The minimum absolute atomic E-state index is 0.0241. The largest absolute Gasteiger partial charge is 0.461 e. The number of hydrogen-bond donors (Lipinski definition) is 0. The summed E-state index contributed by atoms with van der Waals surface area (Å²) in [4.78, 5) is 31.7. The van der Waals surface area contributed by atoms with Gasteiger partial charge in [0.15, 0.2) is 5.82 Å². The highest BCUT2D eigenvalue weighted by molar-refractivity contribution is 6.36. The quantitative estimate of drug-likeness (QED) is 0.232. The van der Waals surface area contributed by atoms with Gasteiger partial charge in [0.1, 0.15) is 35.6 Å². The highest BCUT2D eigenvalue weighted by Crippen LogP contribution is 2.41. The zero-order valence-corrected chi connectivity index (χ0v) is 25.5. The second kappa shape index (κ2) is 11.4. The van der Waals surface area contributed by atoms with Crippen LogP contribution in [0.5, 0.6) is 6.01 Å². The Hall–Kier alpha value is -3.96. The fourth-order valence-electron chi connectivity index (χ4n) is 7.26. The minimum atomic E-state index is -0.930. The second-order valence-corrected chi connectivity index (χ2v) is 12.6. The molecule has 2 aromatic carbocycles. The van der Waals surface area contributed by atoms with Gasteiger partial charge in [-0.25, -0.2) is 13.2 Å². The van der Waals surface area contributed by atoms with Crippen molar-refractivity contribution in [1.82, 2.24) is 24.8 Å². The first-order valence-corrected chi connectivity index (χ1v) is 15.5. The maximum absolute atomic E-state index is 16.6. The molecule has 12 heteroatoms. The third kappa shape index (κ3) is 5.06. The van der Waals surface area contributed by atoms with Gasteiger partial charge >= 0.3 is 6.01 Å². The molecule has 45 heavy (non-hydrogen) atoms. The number of rotatable bonds is 7. The topological polar surface area (TPSA) is 74.7 Å². The van der Waals surface area contributed by atoms with E-state index in [1.165, 1.54) is 18.3 Å². The molecule has 3 atom stereocenters. The average Bonchev–Trinajstić information content (AvgIpc) is 3.76. The molecule has 0 bridgehead atoms. The highest BCUT2D eigenvalue weighted by Gasteiger charge is 2.49. The lowest BCUT2D eigenvalue weighted by Gasteiger charge is -2.31. The summed E-state index contributed by atoms with van der Waals surface area (Å²) >= 11 is 6.38.